The normalized spacial score (nSPS) is 23.6. The molecule has 0 spiro atoms. The first kappa shape index (κ1) is 18.2. The minimum atomic E-state index is -0.692. The molecule has 21 heavy (non-hydrogen) atoms. The van der Waals surface area contributed by atoms with Crippen molar-refractivity contribution in [3.05, 3.63) is 0 Å². The Bertz CT molecular complexity index is 420. The number of amides is 1. The summed E-state index contributed by atoms with van der Waals surface area (Å²) in [5.74, 6) is -0.406. The van der Waals surface area contributed by atoms with E-state index < -0.39 is 11.1 Å². The van der Waals surface area contributed by atoms with Gasteiger partial charge in [0.05, 0.1) is 36.4 Å². The molecule has 0 aromatic rings. The molecule has 1 radical (unpaired) electrons. The second-order valence-corrected chi connectivity index (χ2v) is 6.58. The zero-order chi connectivity index (χ0) is 16.1. The number of isothiocyanates is 1. The molecule has 0 bridgehead atoms. The van der Waals surface area contributed by atoms with E-state index in [1.54, 1.807) is 0 Å². The van der Waals surface area contributed by atoms with Gasteiger partial charge in [0, 0.05) is 12.1 Å². The van der Waals surface area contributed by atoms with E-state index in [0.29, 0.717) is 32.7 Å². The van der Waals surface area contributed by atoms with Crippen molar-refractivity contribution in [1.82, 2.24) is 10.4 Å². The molecule has 6 nitrogen and oxygen atoms in total. The van der Waals surface area contributed by atoms with Gasteiger partial charge in [-0.3, -0.25) is 4.79 Å². The van der Waals surface area contributed by atoms with Crippen molar-refractivity contribution >= 4 is 23.3 Å². The number of ether oxygens (including phenoxy) is 1. The Kier molecular flexibility index (Phi) is 6.43. The van der Waals surface area contributed by atoms with E-state index >= 15 is 0 Å². The molecule has 1 N–H and O–H groups in total. The average molecular weight is 314 g/mol. The van der Waals surface area contributed by atoms with Crippen LogP contribution in [0.2, 0.25) is 0 Å². The van der Waals surface area contributed by atoms with Gasteiger partial charge in [-0.25, -0.2) is 4.99 Å². The van der Waals surface area contributed by atoms with E-state index in [4.69, 9.17) is 4.74 Å². The van der Waals surface area contributed by atoms with Gasteiger partial charge in [0.15, 0.2) is 0 Å². The number of aliphatic imine (C=N–C) groups is 1. The summed E-state index contributed by atoms with van der Waals surface area (Å²) in [5, 5.41) is 18.4. The summed E-state index contributed by atoms with van der Waals surface area (Å²) in [6, 6.07) is 0. The Hall–Kier alpha value is -0.850. The highest BCUT2D eigenvalue weighted by Gasteiger charge is 2.55. The van der Waals surface area contributed by atoms with Crippen molar-refractivity contribution in [3.8, 4) is 0 Å². The van der Waals surface area contributed by atoms with Crippen LogP contribution in [0, 0.1) is 5.92 Å². The number of carbonyl (C=O) groups excluding carboxylic acids is 1. The number of hydrogen-bond acceptors (Lipinski definition) is 5. The number of hydroxylamine groups is 2. The second-order valence-electron chi connectivity index (χ2n) is 6.39. The van der Waals surface area contributed by atoms with Gasteiger partial charge in [0.25, 0.3) is 0 Å². The third-order valence-corrected chi connectivity index (χ3v) is 4.03. The first-order chi connectivity index (χ1) is 9.73. The summed E-state index contributed by atoms with van der Waals surface area (Å²) in [6.07, 6.45) is 0.555. The van der Waals surface area contributed by atoms with Crippen LogP contribution >= 0.6 is 12.2 Å². The van der Waals surface area contributed by atoms with Gasteiger partial charge in [-0.15, -0.1) is 10.3 Å². The maximum absolute atomic E-state index is 12.3. The van der Waals surface area contributed by atoms with Crippen LogP contribution < -0.4 is 5.32 Å². The fraction of sp³-hybridized carbons (Fsp3) is 0.857. The monoisotopic (exact) mass is 314 g/mol. The molecule has 0 aromatic heterocycles. The molecule has 1 heterocycles. The molecule has 1 unspecified atom stereocenters. The number of nitrogens with zero attached hydrogens (tertiary/aromatic N) is 2. The summed E-state index contributed by atoms with van der Waals surface area (Å²) in [7, 11) is 0. The predicted octanol–water partition coefficient (Wildman–Crippen LogP) is 1.45. The van der Waals surface area contributed by atoms with Crippen molar-refractivity contribution < 1.29 is 14.7 Å². The standard InChI is InChI=1S/C14H24N3O3S/c1-13(2)9-11(14(3,4)17(13)19)12(18)16-6-8-20-7-5-15-10-21/h11H,5-9H2,1-4H3,(H,16,18). The molecule has 1 saturated heterocycles. The van der Waals surface area contributed by atoms with Crippen molar-refractivity contribution in [1.29, 1.82) is 0 Å². The predicted molar refractivity (Wildman–Crippen MR) is 82.5 cm³/mol. The first-order valence-electron chi connectivity index (χ1n) is 7.10. The summed E-state index contributed by atoms with van der Waals surface area (Å²) < 4.78 is 5.30. The Balaban J connectivity index is 2.37. The van der Waals surface area contributed by atoms with Gasteiger partial charge in [-0.2, -0.15) is 0 Å². The van der Waals surface area contributed by atoms with E-state index in [0.717, 1.165) is 5.06 Å². The Morgan fingerprint density at radius 1 is 1.43 bits per heavy atom. The van der Waals surface area contributed by atoms with Crippen LogP contribution in [0.1, 0.15) is 34.1 Å². The Labute approximate surface area is 131 Å². The molecule has 1 rings (SSSR count). The molecule has 119 valence electrons. The minimum Gasteiger partial charge on any atom is -0.378 e. The smallest absolute Gasteiger partial charge is 0.225 e. The van der Waals surface area contributed by atoms with E-state index in [-0.39, 0.29) is 11.8 Å². The van der Waals surface area contributed by atoms with Gasteiger partial charge < -0.3 is 10.1 Å². The Morgan fingerprint density at radius 3 is 2.62 bits per heavy atom. The van der Waals surface area contributed by atoms with E-state index in [1.165, 1.54) is 0 Å². The van der Waals surface area contributed by atoms with Crippen LogP contribution in [0.4, 0.5) is 0 Å². The molecule has 1 atom stereocenters. The fourth-order valence-electron chi connectivity index (χ4n) is 2.79. The van der Waals surface area contributed by atoms with Gasteiger partial charge in [-0.05, 0) is 46.3 Å². The van der Waals surface area contributed by atoms with E-state index in [1.807, 2.05) is 27.7 Å². The topological polar surface area (TPSA) is 73.8 Å². The summed E-state index contributed by atoms with van der Waals surface area (Å²) >= 11 is 4.44. The second kappa shape index (κ2) is 7.42. The third kappa shape index (κ3) is 4.56. The molecule has 0 aromatic carbocycles. The molecule has 1 fully saturated rings. The lowest BCUT2D eigenvalue weighted by atomic mass is 9.86. The molecule has 1 amide bonds. The number of nitrogens with one attached hydrogen (secondary N) is 1. The molecule has 7 heteroatoms. The van der Waals surface area contributed by atoms with Gasteiger partial charge in [-0.1, -0.05) is 0 Å². The molecule has 0 saturated carbocycles. The lowest BCUT2D eigenvalue weighted by Crippen LogP contribution is -2.49. The van der Waals surface area contributed by atoms with E-state index in [9.17, 15) is 10.0 Å². The summed E-state index contributed by atoms with van der Waals surface area (Å²) in [5.41, 5.74) is -1.21. The van der Waals surface area contributed by atoms with Crippen LogP contribution in [0.25, 0.3) is 0 Å². The van der Waals surface area contributed by atoms with Gasteiger partial charge in [0.2, 0.25) is 5.91 Å². The maximum atomic E-state index is 12.3. The summed E-state index contributed by atoms with van der Waals surface area (Å²) in [4.78, 5) is 16.0. The number of rotatable bonds is 7. The highest BCUT2D eigenvalue weighted by molar-refractivity contribution is 7.78. The number of hydrogen-bond donors (Lipinski definition) is 1. The molecular weight excluding hydrogens is 290 g/mol. The molecule has 0 aliphatic carbocycles. The molecule has 1 aliphatic rings. The highest BCUT2D eigenvalue weighted by Crippen LogP contribution is 2.43. The highest BCUT2D eigenvalue weighted by atomic mass is 32.1. The molecule has 1 aliphatic heterocycles. The Morgan fingerprint density at radius 2 is 2.10 bits per heavy atom. The minimum absolute atomic E-state index is 0.0908. The fourth-order valence-corrected chi connectivity index (χ4v) is 2.89. The third-order valence-electron chi connectivity index (χ3n) is 3.90. The van der Waals surface area contributed by atoms with Crippen LogP contribution in [-0.4, -0.2) is 53.5 Å². The van der Waals surface area contributed by atoms with Gasteiger partial charge in [0.1, 0.15) is 0 Å². The maximum Gasteiger partial charge on any atom is 0.225 e. The van der Waals surface area contributed by atoms with Crippen molar-refractivity contribution in [2.24, 2.45) is 10.9 Å². The van der Waals surface area contributed by atoms with Crippen molar-refractivity contribution in [2.45, 2.75) is 45.2 Å². The van der Waals surface area contributed by atoms with Crippen molar-refractivity contribution in [2.75, 3.05) is 26.3 Å². The van der Waals surface area contributed by atoms with Gasteiger partial charge >= 0.3 is 0 Å². The van der Waals surface area contributed by atoms with Crippen LogP contribution in [0.3, 0.4) is 0 Å². The van der Waals surface area contributed by atoms with E-state index in [2.05, 4.69) is 27.7 Å². The quantitative estimate of drug-likeness (QED) is 0.438. The first-order valence-corrected chi connectivity index (χ1v) is 7.51. The molecular formula is C14H24N3O3S. The SMILES string of the molecule is CC1(C)CC(C(=O)NCCOCCN=C=S)C(C)(C)N1[O]. The zero-order valence-corrected chi connectivity index (χ0v) is 14.0. The lowest BCUT2D eigenvalue weighted by Gasteiger charge is -2.33. The lowest BCUT2D eigenvalue weighted by molar-refractivity contribution is -0.247. The van der Waals surface area contributed by atoms with Crippen molar-refractivity contribution in [3.63, 3.8) is 0 Å². The summed E-state index contributed by atoms with van der Waals surface area (Å²) in [6.45, 7) is 9.14. The average Bonchev–Trinajstić information content (AvgIpc) is 2.58. The van der Waals surface area contributed by atoms with Crippen LogP contribution in [-0.2, 0) is 14.7 Å². The number of thiocarbonyl (C=S) groups is 1. The number of carbonyl (C=O) groups is 1. The van der Waals surface area contributed by atoms with Crippen LogP contribution in [0.15, 0.2) is 4.99 Å². The zero-order valence-electron chi connectivity index (χ0n) is 13.1. The largest absolute Gasteiger partial charge is 0.378 e. The van der Waals surface area contributed by atoms with Crippen LogP contribution in [0.5, 0.6) is 0 Å².